The van der Waals surface area contributed by atoms with E-state index < -0.39 is 0 Å². The molecular formula is C17H15ClO2. The summed E-state index contributed by atoms with van der Waals surface area (Å²) in [7, 11) is 0. The molecule has 20 heavy (non-hydrogen) atoms. The van der Waals surface area contributed by atoms with Gasteiger partial charge in [0.2, 0.25) is 0 Å². The van der Waals surface area contributed by atoms with E-state index in [9.17, 15) is 0 Å². The summed E-state index contributed by atoms with van der Waals surface area (Å²) >= 11 is 6.10. The van der Waals surface area contributed by atoms with Gasteiger partial charge in [-0.15, -0.1) is 0 Å². The summed E-state index contributed by atoms with van der Waals surface area (Å²) in [5, 5.41) is 9.36. The molecule has 0 unspecified atom stereocenters. The Morgan fingerprint density at radius 3 is 2.80 bits per heavy atom. The molecule has 0 saturated heterocycles. The Morgan fingerprint density at radius 2 is 2.00 bits per heavy atom. The van der Waals surface area contributed by atoms with E-state index in [1.807, 2.05) is 49.4 Å². The fourth-order valence-electron chi connectivity index (χ4n) is 1.78. The number of ether oxygens (including phenoxy) is 1. The van der Waals surface area contributed by atoms with Crippen LogP contribution in [0.5, 0.6) is 5.75 Å². The fraction of sp³-hybridized carbons (Fsp3) is 0.176. The second kappa shape index (κ2) is 7.00. The molecule has 0 fully saturated rings. The smallest absolute Gasteiger partial charge is 0.138 e. The van der Waals surface area contributed by atoms with Crippen LogP contribution in [0, 0.1) is 18.8 Å². The van der Waals surface area contributed by atoms with E-state index in [2.05, 4.69) is 11.8 Å². The third-order valence-corrected chi connectivity index (χ3v) is 3.10. The maximum absolute atomic E-state index is 8.77. The molecule has 0 bridgehead atoms. The predicted molar refractivity (Wildman–Crippen MR) is 80.9 cm³/mol. The topological polar surface area (TPSA) is 29.5 Å². The van der Waals surface area contributed by atoms with Crippen molar-refractivity contribution in [2.75, 3.05) is 6.61 Å². The number of aliphatic hydroxyl groups is 1. The quantitative estimate of drug-likeness (QED) is 0.874. The van der Waals surface area contributed by atoms with Gasteiger partial charge in [-0.05, 0) is 30.7 Å². The molecular weight excluding hydrogens is 272 g/mol. The third-order valence-electron chi connectivity index (χ3n) is 2.79. The van der Waals surface area contributed by atoms with Crippen molar-refractivity contribution in [1.82, 2.24) is 0 Å². The average molecular weight is 287 g/mol. The zero-order valence-electron chi connectivity index (χ0n) is 11.2. The van der Waals surface area contributed by atoms with Gasteiger partial charge >= 0.3 is 0 Å². The number of aliphatic hydroxyl groups excluding tert-OH is 1. The van der Waals surface area contributed by atoms with E-state index >= 15 is 0 Å². The largest absolute Gasteiger partial charge is 0.487 e. The molecule has 102 valence electrons. The molecule has 2 aromatic rings. The van der Waals surface area contributed by atoms with Crippen LogP contribution in [0.4, 0.5) is 0 Å². The highest BCUT2D eigenvalue weighted by atomic mass is 35.5. The molecule has 0 aliphatic heterocycles. The van der Waals surface area contributed by atoms with Gasteiger partial charge in [-0.25, -0.2) is 0 Å². The zero-order chi connectivity index (χ0) is 14.4. The van der Waals surface area contributed by atoms with Gasteiger partial charge < -0.3 is 9.84 Å². The number of rotatable bonds is 3. The van der Waals surface area contributed by atoms with Crippen molar-refractivity contribution in [2.45, 2.75) is 13.5 Å². The van der Waals surface area contributed by atoms with Crippen molar-refractivity contribution < 1.29 is 9.84 Å². The maximum atomic E-state index is 8.77. The maximum Gasteiger partial charge on any atom is 0.138 e. The highest BCUT2D eigenvalue weighted by Crippen LogP contribution is 2.26. The van der Waals surface area contributed by atoms with Crippen LogP contribution in [0.25, 0.3) is 0 Å². The number of benzene rings is 2. The summed E-state index contributed by atoms with van der Waals surface area (Å²) in [5.41, 5.74) is 2.91. The normalized spacial score (nSPS) is 9.75. The minimum atomic E-state index is -0.154. The number of hydrogen-bond acceptors (Lipinski definition) is 2. The van der Waals surface area contributed by atoms with Crippen LogP contribution in [0.15, 0.2) is 42.5 Å². The van der Waals surface area contributed by atoms with Gasteiger partial charge in [-0.3, -0.25) is 0 Å². The van der Waals surface area contributed by atoms with Gasteiger partial charge in [-0.2, -0.15) is 0 Å². The van der Waals surface area contributed by atoms with Crippen molar-refractivity contribution in [2.24, 2.45) is 0 Å². The molecule has 1 N–H and O–H groups in total. The van der Waals surface area contributed by atoms with Crippen molar-refractivity contribution in [3.8, 4) is 17.6 Å². The van der Waals surface area contributed by atoms with Crippen molar-refractivity contribution in [1.29, 1.82) is 0 Å². The Bertz CT molecular complexity index is 654. The minimum absolute atomic E-state index is 0.154. The number of hydrogen-bond donors (Lipinski definition) is 1. The van der Waals surface area contributed by atoms with Crippen molar-refractivity contribution in [3.63, 3.8) is 0 Å². The van der Waals surface area contributed by atoms with E-state index in [1.165, 1.54) is 0 Å². The molecule has 0 aromatic heterocycles. The second-order valence-corrected chi connectivity index (χ2v) is 4.75. The molecule has 3 heteroatoms. The molecule has 0 aliphatic rings. The number of aryl methyl sites for hydroxylation is 1. The lowest BCUT2D eigenvalue weighted by atomic mass is 10.1. The van der Waals surface area contributed by atoms with Crippen LogP contribution in [0.3, 0.4) is 0 Å². The van der Waals surface area contributed by atoms with Crippen LogP contribution >= 0.6 is 11.6 Å². The third kappa shape index (κ3) is 3.77. The van der Waals surface area contributed by atoms with E-state index in [0.717, 1.165) is 16.7 Å². The van der Waals surface area contributed by atoms with Crippen LogP contribution < -0.4 is 4.74 Å². The Morgan fingerprint density at radius 1 is 1.20 bits per heavy atom. The first-order chi connectivity index (χ1) is 9.70. The molecule has 2 aromatic carbocycles. The average Bonchev–Trinajstić information content (AvgIpc) is 2.47. The van der Waals surface area contributed by atoms with Crippen LogP contribution in [-0.2, 0) is 6.61 Å². The van der Waals surface area contributed by atoms with Gasteiger partial charge in [0, 0.05) is 11.1 Å². The molecule has 2 nitrogen and oxygen atoms in total. The predicted octanol–water partition coefficient (Wildman–Crippen LogP) is 3.57. The van der Waals surface area contributed by atoms with Crippen molar-refractivity contribution in [3.05, 3.63) is 64.2 Å². The molecule has 0 heterocycles. The molecule has 0 radical (unpaired) electrons. The summed E-state index contributed by atoms with van der Waals surface area (Å²) in [6.07, 6.45) is 0. The number of halogens is 1. The molecule has 0 atom stereocenters. The Balaban J connectivity index is 2.17. The molecule has 0 saturated carbocycles. The first-order valence-electron chi connectivity index (χ1n) is 6.27. The lowest BCUT2D eigenvalue weighted by Crippen LogP contribution is -1.99. The summed E-state index contributed by atoms with van der Waals surface area (Å²) in [6, 6.07) is 13.4. The van der Waals surface area contributed by atoms with E-state index in [-0.39, 0.29) is 6.61 Å². The summed E-state index contributed by atoms with van der Waals surface area (Å²) in [4.78, 5) is 0. The first kappa shape index (κ1) is 14.5. The van der Waals surface area contributed by atoms with Crippen LogP contribution in [-0.4, -0.2) is 11.7 Å². The lowest BCUT2D eigenvalue weighted by Gasteiger charge is -2.10. The zero-order valence-corrected chi connectivity index (χ0v) is 11.9. The molecule has 2 rings (SSSR count). The monoisotopic (exact) mass is 286 g/mol. The van der Waals surface area contributed by atoms with Gasteiger partial charge in [0.25, 0.3) is 0 Å². The minimum Gasteiger partial charge on any atom is -0.487 e. The van der Waals surface area contributed by atoms with Gasteiger partial charge in [0.05, 0.1) is 5.02 Å². The second-order valence-electron chi connectivity index (χ2n) is 4.34. The van der Waals surface area contributed by atoms with E-state index in [0.29, 0.717) is 17.4 Å². The Kier molecular flexibility index (Phi) is 5.06. The highest BCUT2D eigenvalue weighted by molar-refractivity contribution is 6.32. The molecule has 0 amide bonds. The lowest BCUT2D eigenvalue weighted by molar-refractivity contribution is 0.306. The van der Waals surface area contributed by atoms with E-state index in [4.69, 9.17) is 21.4 Å². The Labute approximate surface area is 124 Å². The Hall–Kier alpha value is -1.95. The fourth-order valence-corrected chi connectivity index (χ4v) is 1.95. The standard InChI is InChI=1S/C17H15ClO2/c1-13-8-9-16(18)17(11-13)20-12-15-6-3-2-5-14(15)7-4-10-19/h2-3,5-6,8-9,11,19H,10,12H2,1H3. The van der Waals surface area contributed by atoms with E-state index in [1.54, 1.807) is 0 Å². The molecule has 0 aliphatic carbocycles. The summed E-state index contributed by atoms with van der Waals surface area (Å²) in [5.74, 6) is 6.22. The SMILES string of the molecule is Cc1ccc(Cl)c(OCc2ccccc2C#CCO)c1. The van der Waals surface area contributed by atoms with Gasteiger partial charge in [-0.1, -0.05) is 47.7 Å². The first-order valence-corrected chi connectivity index (χ1v) is 6.65. The van der Waals surface area contributed by atoms with Crippen LogP contribution in [0.1, 0.15) is 16.7 Å². The highest BCUT2D eigenvalue weighted by Gasteiger charge is 2.04. The van der Waals surface area contributed by atoms with Gasteiger partial charge in [0.15, 0.2) is 0 Å². The van der Waals surface area contributed by atoms with Gasteiger partial charge in [0.1, 0.15) is 19.0 Å². The summed E-state index contributed by atoms with van der Waals surface area (Å²) in [6.45, 7) is 2.22. The summed E-state index contributed by atoms with van der Waals surface area (Å²) < 4.78 is 5.76. The molecule has 0 spiro atoms. The van der Waals surface area contributed by atoms with Crippen LogP contribution in [0.2, 0.25) is 5.02 Å². The van der Waals surface area contributed by atoms with Crippen molar-refractivity contribution >= 4 is 11.6 Å².